The average Bonchev–Trinajstić information content (AvgIpc) is 1.63. The van der Waals surface area contributed by atoms with E-state index in [1.165, 1.54) is 0 Å². The van der Waals surface area contributed by atoms with Crippen molar-refractivity contribution in [2.45, 2.75) is 4.46 Å². The van der Waals surface area contributed by atoms with E-state index in [0.29, 0.717) is 0 Å². The van der Waals surface area contributed by atoms with E-state index >= 15 is 0 Å². The average molecular weight is 191 g/mol. The lowest BCUT2D eigenvalue weighted by Crippen LogP contribution is -2.39. The molecule has 3 nitrogen and oxygen atoms in total. The maximum Gasteiger partial charge on any atom is 0.452 e. The molecule has 0 aliphatic rings. The number of amides is 1. The minimum Gasteiger partial charge on any atom is -0.285 e. The van der Waals surface area contributed by atoms with Crippen LogP contribution in [0.1, 0.15) is 0 Å². The first-order chi connectivity index (χ1) is 3.98. The van der Waals surface area contributed by atoms with Gasteiger partial charge in [-0.1, -0.05) is 23.2 Å². The van der Waals surface area contributed by atoms with Crippen LogP contribution in [0.4, 0.5) is 4.79 Å². The zero-order valence-corrected chi connectivity index (χ0v) is 6.43. The van der Waals surface area contributed by atoms with Gasteiger partial charge in [-0.2, -0.15) is 0 Å². The van der Waals surface area contributed by atoms with Crippen molar-refractivity contribution in [1.82, 2.24) is 5.32 Å². The second-order valence-corrected chi connectivity index (χ2v) is 3.00. The molecule has 0 heterocycles. The van der Waals surface area contributed by atoms with E-state index in [1.807, 2.05) is 0 Å². The molecule has 0 fully saturated rings. The quantitative estimate of drug-likeness (QED) is 0.522. The van der Waals surface area contributed by atoms with Crippen molar-refractivity contribution in [2.24, 2.45) is 0 Å². The molecule has 9 heavy (non-hydrogen) atoms. The molecule has 1 radical (unpaired) electrons. The summed E-state index contributed by atoms with van der Waals surface area (Å²) in [5.74, 6) is -0.232. The fourth-order valence-electron chi connectivity index (χ4n) is 0.183. The lowest BCUT2D eigenvalue weighted by Gasteiger charge is -2.13. The van der Waals surface area contributed by atoms with Gasteiger partial charge in [-0.25, -0.2) is 9.90 Å². The first-order valence-corrected chi connectivity index (χ1v) is 3.20. The highest BCUT2D eigenvalue weighted by atomic mass is 35.5. The van der Waals surface area contributed by atoms with Gasteiger partial charge in [0.25, 0.3) is 0 Å². The van der Waals surface area contributed by atoms with Gasteiger partial charge in [0, 0.05) is 0 Å². The number of alkyl halides is 3. The molecule has 0 rings (SSSR count). The van der Waals surface area contributed by atoms with E-state index in [-0.39, 0.29) is 5.88 Å². The molecule has 53 valence electrons. The first-order valence-electron chi connectivity index (χ1n) is 1.91. The fraction of sp³-hybridized carbons (Fsp3) is 0.667. The van der Waals surface area contributed by atoms with Gasteiger partial charge in [0.1, 0.15) is 0 Å². The Balaban J connectivity index is 3.71. The SMILES string of the molecule is [O]C(=O)NC(Cl)(Cl)CCl. The molecule has 1 amide bonds. The predicted octanol–water partition coefficient (Wildman–Crippen LogP) is 1.50. The van der Waals surface area contributed by atoms with Gasteiger partial charge < -0.3 is 0 Å². The number of carbonyl (C=O) groups excluding carboxylic acids is 1. The van der Waals surface area contributed by atoms with Crippen LogP contribution in [0.15, 0.2) is 0 Å². The Morgan fingerprint density at radius 2 is 2.00 bits per heavy atom. The molecule has 1 N–H and O–H groups in total. The first kappa shape index (κ1) is 9.14. The van der Waals surface area contributed by atoms with Crippen LogP contribution in [0.3, 0.4) is 0 Å². The van der Waals surface area contributed by atoms with Crippen molar-refractivity contribution in [1.29, 1.82) is 0 Å². The summed E-state index contributed by atoms with van der Waals surface area (Å²) in [7, 11) is 0. The van der Waals surface area contributed by atoms with Crippen LogP contribution in [0.2, 0.25) is 0 Å². The molecular formula is C3H3Cl3NO2. The van der Waals surface area contributed by atoms with Crippen LogP contribution in [0.25, 0.3) is 0 Å². The second-order valence-electron chi connectivity index (χ2n) is 1.25. The standard InChI is InChI=1S/C3H3Cl3NO2/c4-1-3(5,6)7-2(8)9/h7H,1H2. The topological polar surface area (TPSA) is 49.0 Å². The van der Waals surface area contributed by atoms with Crippen molar-refractivity contribution in [2.75, 3.05) is 5.88 Å². The number of hydrogen-bond donors (Lipinski definition) is 1. The summed E-state index contributed by atoms with van der Waals surface area (Å²) in [5.41, 5.74) is 0. The number of halogens is 3. The number of nitrogens with one attached hydrogen (secondary N) is 1. The third-order valence-corrected chi connectivity index (χ3v) is 1.58. The van der Waals surface area contributed by atoms with Gasteiger partial charge in [0.2, 0.25) is 4.46 Å². The summed E-state index contributed by atoms with van der Waals surface area (Å²) in [6, 6.07) is 0. The minimum atomic E-state index is -1.64. The van der Waals surface area contributed by atoms with Gasteiger partial charge in [0.15, 0.2) is 0 Å². The molecule has 6 heteroatoms. The summed E-state index contributed by atoms with van der Waals surface area (Å²) >= 11 is 15.6. The van der Waals surface area contributed by atoms with Crippen molar-refractivity contribution in [3.05, 3.63) is 0 Å². The fourth-order valence-corrected chi connectivity index (χ4v) is 0.404. The van der Waals surface area contributed by atoms with E-state index in [4.69, 9.17) is 34.8 Å². The maximum atomic E-state index is 9.72. The predicted molar refractivity (Wildman–Crippen MR) is 34.4 cm³/mol. The summed E-state index contributed by atoms with van der Waals surface area (Å²) < 4.78 is -1.64. The Morgan fingerprint density at radius 1 is 1.56 bits per heavy atom. The molecule has 0 saturated carbocycles. The summed E-state index contributed by atoms with van der Waals surface area (Å²) in [4.78, 5) is 9.72. The zero-order chi connectivity index (χ0) is 7.49. The van der Waals surface area contributed by atoms with Crippen LogP contribution >= 0.6 is 34.8 Å². The number of carbonyl (C=O) groups is 1. The Bertz CT molecular complexity index is 116. The van der Waals surface area contributed by atoms with Crippen molar-refractivity contribution in [3.8, 4) is 0 Å². The van der Waals surface area contributed by atoms with Crippen molar-refractivity contribution < 1.29 is 9.90 Å². The highest BCUT2D eigenvalue weighted by molar-refractivity contribution is 6.51. The van der Waals surface area contributed by atoms with Crippen molar-refractivity contribution in [3.63, 3.8) is 0 Å². The van der Waals surface area contributed by atoms with Gasteiger partial charge in [-0.3, -0.25) is 5.32 Å². The third-order valence-electron chi connectivity index (χ3n) is 0.453. The largest absolute Gasteiger partial charge is 0.452 e. The highest BCUT2D eigenvalue weighted by Gasteiger charge is 2.24. The Labute approximate surface area is 66.9 Å². The molecule has 0 saturated heterocycles. The molecule has 0 aromatic carbocycles. The monoisotopic (exact) mass is 190 g/mol. The van der Waals surface area contributed by atoms with Gasteiger partial charge in [0.05, 0.1) is 5.88 Å². The number of hydrogen-bond acceptors (Lipinski definition) is 1. The molecule has 0 aliphatic carbocycles. The van der Waals surface area contributed by atoms with Gasteiger partial charge >= 0.3 is 6.09 Å². The lowest BCUT2D eigenvalue weighted by atomic mass is 10.7. The molecular weight excluding hydrogens is 188 g/mol. The Kier molecular flexibility index (Phi) is 3.40. The summed E-state index contributed by atoms with van der Waals surface area (Å²) in [5, 5.41) is 11.4. The smallest absolute Gasteiger partial charge is 0.285 e. The second kappa shape index (κ2) is 3.34. The van der Waals surface area contributed by atoms with Crippen LogP contribution < -0.4 is 5.32 Å². The highest BCUT2D eigenvalue weighted by Crippen LogP contribution is 2.17. The molecule has 0 atom stereocenters. The lowest BCUT2D eigenvalue weighted by molar-refractivity contribution is 0.166. The molecule has 0 bridgehead atoms. The Hall–Kier alpha value is 0.140. The van der Waals surface area contributed by atoms with Crippen molar-refractivity contribution >= 4 is 40.9 Å². The van der Waals surface area contributed by atoms with E-state index in [9.17, 15) is 9.90 Å². The summed E-state index contributed by atoms with van der Waals surface area (Å²) in [6.07, 6.45) is -1.55. The van der Waals surface area contributed by atoms with E-state index in [0.717, 1.165) is 0 Å². The summed E-state index contributed by atoms with van der Waals surface area (Å²) in [6.45, 7) is 0. The molecule has 0 aromatic rings. The Morgan fingerprint density at radius 3 is 2.11 bits per heavy atom. The zero-order valence-electron chi connectivity index (χ0n) is 4.16. The maximum absolute atomic E-state index is 9.72. The molecule has 0 aliphatic heterocycles. The molecule has 0 aromatic heterocycles. The van der Waals surface area contributed by atoms with E-state index in [1.54, 1.807) is 5.32 Å². The molecule has 0 spiro atoms. The third kappa shape index (κ3) is 4.63. The van der Waals surface area contributed by atoms with Crippen LogP contribution in [-0.4, -0.2) is 16.4 Å². The normalized spacial score (nSPS) is 11.0. The van der Waals surface area contributed by atoms with Crippen LogP contribution in [-0.2, 0) is 5.11 Å². The molecule has 0 unspecified atom stereocenters. The van der Waals surface area contributed by atoms with Gasteiger partial charge in [-0.05, 0) is 0 Å². The number of rotatable bonds is 2. The van der Waals surface area contributed by atoms with Crippen LogP contribution in [0, 0.1) is 0 Å². The van der Waals surface area contributed by atoms with E-state index < -0.39 is 10.6 Å². The van der Waals surface area contributed by atoms with Crippen LogP contribution in [0.5, 0.6) is 0 Å². The van der Waals surface area contributed by atoms with Gasteiger partial charge in [-0.15, -0.1) is 11.6 Å². The minimum absolute atomic E-state index is 0.232. The van der Waals surface area contributed by atoms with E-state index in [2.05, 4.69) is 0 Å².